The highest BCUT2D eigenvalue weighted by molar-refractivity contribution is 7.10. The Kier molecular flexibility index (Phi) is 3.90. The fraction of sp³-hybridized carbons (Fsp3) is 0.600. The van der Waals surface area contributed by atoms with Crippen LogP contribution in [0.3, 0.4) is 0 Å². The second kappa shape index (κ2) is 4.74. The van der Waals surface area contributed by atoms with Gasteiger partial charge in [0.15, 0.2) is 0 Å². The van der Waals surface area contributed by atoms with E-state index in [1.54, 1.807) is 11.3 Å². The first kappa shape index (κ1) is 10.7. The first-order chi connectivity index (χ1) is 6.11. The Morgan fingerprint density at radius 2 is 2.23 bits per heavy atom. The van der Waals surface area contributed by atoms with Crippen LogP contribution in [0.4, 0.5) is 0 Å². The number of hydrogen-bond acceptors (Lipinski definition) is 3. The molecule has 1 unspecified atom stereocenters. The summed E-state index contributed by atoms with van der Waals surface area (Å²) in [7, 11) is 2.04. The van der Waals surface area contributed by atoms with Crippen molar-refractivity contribution in [1.29, 1.82) is 0 Å². The molecule has 2 nitrogen and oxygen atoms in total. The van der Waals surface area contributed by atoms with E-state index in [0.717, 1.165) is 6.54 Å². The van der Waals surface area contributed by atoms with Crippen molar-refractivity contribution in [2.45, 2.75) is 26.0 Å². The third-order valence-corrected chi connectivity index (χ3v) is 3.21. The zero-order chi connectivity index (χ0) is 9.84. The van der Waals surface area contributed by atoms with Gasteiger partial charge >= 0.3 is 0 Å². The molecule has 13 heavy (non-hydrogen) atoms. The standard InChI is InChI=1S/C10H17NOS/c1-8(12)7-11(3)9(2)10-5-4-6-13-10/h4-6,8-9,12H,7H2,1-3H3/t8-,9?/m0/s1. The number of thiophene rings is 1. The van der Waals surface area contributed by atoms with E-state index in [0.29, 0.717) is 6.04 Å². The van der Waals surface area contributed by atoms with Crippen LogP contribution in [0.5, 0.6) is 0 Å². The van der Waals surface area contributed by atoms with Crippen molar-refractivity contribution in [1.82, 2.24) is 4.90 Å². The smallest absolute Gasteiger partial charge is 0.0639 e. The van der Waals surface area contributed by atoms with Crippen molar-refractivity contribution in [3.63, 3.8) is 0 Å². The van der Waals surface area contributed by atoms with Gasteiger partial charge in [-0.3, -0.25) is 4.90 Å². The van der Waals surface area contributed by atoms with Gasteiger partial charge in [-0.25, -0.2) is 0 Å². The monoisotopic (exact) mass is 199 g/mol. The molecule has 0 radical (unpaired) electrons. The summed E-state index contributed by atoms with van der Waals surface area (Å²) >= 11 is 1.76. The molecular weight excluding hydrogens is 182 g/mol. The molecule has 2 atom stereocenters. The van der Waals surface area contributed by atoms with Gasteiger partial charge < -0.3 is 5.11 Å². The Morgan fingerprint density at radius 3 is 2.69 bits per heavy atom. The normalized spacial score (nSPS) is 16.1. The highest BCUT2D eigenvalue weighted by Gasteiger charge is 2.13. The Balaban J connectivity index is 2.52. The molecule has 74 valence electrons. The fourth-order valence-corrected chi connectivity index (χ4v) is 2.17. The van der Waals surface area contributed by atoms with Gasteiger partial charge in [-0.15, -0.1) is 11.3 Å². The summed E-state index contributed by atoms with van der Waals surface area (Å²) in [6, 6.07) is 4.59. The average molecular weight is 199 g/mol. The molecule has 1 N–H and O–H groups in total. The summed E-state index contributed by atoms with van der Waals surface area (Å²) in [5.74, 6) is 0. The van der Waals surface area contributed by atoms with Crippen molar-refractivity contribution >= 4 is 11.3 Å². The molecule has 0 aliphatic heterocycles. The number of nitrogens with zero attached hydrogens (tertiary/aromatic N) is 1. The predicted octanol–water partition coefficient (Wildman–Crippen LogP) is 2.12. The molecule has 1 aromatic heterocycles. The van der Waals surface area contributed by atoms with Gasteiger partial charge in [0.1, 0.15) is 0 Å². The molecule has 1 aromatic rings. The molecule has 1 rings (SSSR count). The van der Waals surface area contributed by atoms with Crippen LogP contribution < -0.4 is 0 Å². The number of likely N-dealkylation sites (N-methyl/N-ethyl adjacent to an activating group) is 1. The van der Waals surface area contributed by atoms with Crippen LogP contribution in [0, 0.1) is 0 Å². The van der Waals surface area contributed by atoms with Gasteiger partial charge in [-0.05, 0) is 32.3 Å². The molecule has 0 saturated carbocycles. The molecule has 0 spiro atoms. The Morgan fingerprint density at radius 1 is 1.54 bits per heavy atom. The number of rotatable bonds is 4. The van der Waals surface area contributed by atoms with Gasteiger partial charge in [-0.2, -0.15) is 0 Å². The SMILES string of the molecule is CC(c1cccs1)N(C)C[C@H](C)O. The molecule has 0 amide bonds. The first-order valence-electron chi connectivity index (χ1n) is 4.53. The van der Waals surface area contributed by atoms with E-state index in [-0.39, 0.29) is 6.10 Å². The largest absolute Gasteiger partial charge is 0.392 e. The summed E-state index contributed by atoms with van der Waals surface area (Å²) in [6.07, 6.45) is -0.257. The minimum atomic E-state index is -0.257. The predicted molar refractivity (Wildman–Crippen MR) is 57.0 cm³/mol. The zero-order valence-corrected chi connectivity index (χ0v) is 9.21. The van der Waals surface area contributed by atoms with Gasteiger partial charge in [-0.1, -0.05) is 6.07 Å². The van der Waals surface area contributed by atoms with Gasteiger partial charge in [0, 0.05) is 17.5 Å². The molecular formula is C10H17NOS. The molecule has 0 aliphatic rings. The highest BCUT2D eigenvalue weighted by atomic mass is 32.1. The molecule has 0 aliphatic carbocycles. The Hall–Kier alpha value is -0.380. The average Bonchev–Trinajstić information content (AvgIpc) is 2.53. The summed E-state index contributed by atoms with van der Waals surface area (Å²) in [6.45, 7) is 4.70. The van der Waals surface area contributed by atoms with Crippen molar-refractivity contribution in [2.24, 2.45) is 0 Å². The van der Waals surface area contributed by atoms with Crippen LogP contribution in [-0.4, -0.2) is 29.7 Å². The number of aliphatic hydroxyl groups is 1. The molecule has 0 saturated heterocycles. The summed E-state index contributed by atoms with van der Waals surface area (Å²) < 4.78 is 0. The summed E-state index contributed by atoms with van der Waals surface area (Å²) in [5, 5.41) is 11.3. The van der Waals surface area contributed by atoms with E-state index in [4.69, 9.17) is 0 Å². The molecule has 0 fully saturated rings. The highest BCUT2D eigenvalue weighted by Crippen LogP contribution is 2.23. The van der Waals surface area contributed by atoms with E-state index in [9.17, 15) is 5.11 Å². The minimum Gasteiger partial charge on any atom is -0.392 e. The van der Waals surface area contributed by atoms with E-state index in [1.165, 1.54) is 4.88 Å². The van der Waals surface area contributed by atoms with Gasteiger partial charge in [0.2, 0.25) is 0 Å². The van der Waals surface area contributed by atoms with Crippen LogP contribution in [0.25, 0.3) is 0 Å². The molecule has 0 aromatic carbocycles. The fourth-order valence-electron chi connectivity index (χ4n) is 1.32. The third kappa shape index (κ3) is 3.10. The molecule has 1 heterocycles. The summed E-state index contributed by atoms with van der Waals surface area (Å²) in [4.78, 5) is 3.51. The number of hydrogen-bond donors (Lipinski definition) is 1. The lowest BCUT2D eigenvalue weighted by atomic mass is 10.2. The second-order valence-electron chi connectivity index (χ2n) is 3.48. The minimum absolute atomic E-state index is 0.257. The van der Waals surface area contributed by atoms with E-state index < -0.39 is 0 Å². The second-order valence-corrected chi connectivity index (χ2v) is 4.46. The van der Waals surface area contributed by atoms with Crippen LogP contribution in [-0.2, 0) is 0 Å². The van der Waals surface area contributed by atoms with Crippen LogP contribution in [0.15, 0.2) is 17.5 Å². The molecule has 3 heteroatoms. The van der Waals surface area contributed by atoms with Gasteiger partial charge in [0.05, 0.1) is 6.10 Å². The van der Waals surface area contributed by atoms with Crippen LogP contribution >= 0.6 is 11.3 Å². The van der Waals surface area contributed by atoms with E-state index in [1.807, 2.05) is 14.0 Å². The zero-order valence-electron chi connectivity index (χ0n) is 8.40. The lowest BCUT2D eigenvalue weighted by Gasteiger charge is -2.24. The van der Waals surface area contributed by atoms with Crippen molar-refractivity contribution in [3.05, 3.63) is 22.4 Å². The van der Waals surface area contributed by atoms with Crippen molar-refractivity contribution in [2.75, 3.05) is 13.6 Å². The Labute approximate surface area is 83.8 Å². The van der Waals surface area contributed by atoms with Gasteiger partial charge in [0.25, 0.3) is 0 Å². The number of aliphatic hydroxyl groups excluding tert-OH is 1. The van der Waals surface area contributed by atoms with Crippen molar-refractivity contribution < 1.29 is 5.11 Å². The summed E-state index contributed by atoms with van der Waals surface area (Å²) in [5.41, 5.74) is 0. The maximum absolute atomic E-state index is 9.23. The quantitative estimate of drug-likeness (QED) is 0.803. The third-order valence-electron chi connectivity index (χ3n) is 2.17. The Bertz CT molecular complexity index is 233. The lowest BCUT2D eigenvalue weighted by molar-refractivity contribution is 0.122. The maximum Gasteiger partial charge on any atom is 0.0639 e. The van der Waals surface area contributed by atoms with Crippen LogP contribution in [0.2, 0.25) is 0 Å². The maximum atomic E-state index is 9.23. The van der Waals surface area contributed by atoms with Crippen molar-refractivity contribution in [3.8, 4) is 0 Å². The van der Waals surface area contributed by atoms with E-state index >= 15 is 0 Å². The first-order valence-corrected chi connectivity index (χ1v) is 5.41. The van der Waals surface area contributed by atoms with Crippen LogP contribution in [0.1, 0.15) is 24.8 Å². The lowest BCUT2D eigenvalue weighted by Crippen LogP contribution is -2.29. The topological polar surface area (TPSA) is 23.5 Å². The molecule has 0 bridgehead atoms. The van der Waals surface area contributed by atoms with E-state index in [2.05, 4.69) is 29.3 Å².